The summed E-state index contributed by atoms with van der Waals surface area (Å²) in [6, 6.07) is 10.1. The van der Waals surface area contributed by atoms with Gasteiger partial charge in [-0.15, -0.1) is 18.2 Å². The molecule has 0 amide bonds. The van der Waals surface area contributed by atoms with Crippen LogP contribution in [0.4, 0.5) is 0 Å². The van der Waals surface area contributed by atoms with Gasteiger partial charge in [0.1, 0.15) is 0 Å². The van der Waals surface area contributed by atoms with E-state index in [-0.39, 0.29) is 18.9 Å². The molecule has 0 unspecified atom stereocenters. The van der Waals surface area contributed by atoms with E-state index in [4.69, 9.17) is 0 Å². The van der Waals surface area contributed by atoms with Crippen molar-refractivity contribution >= 4 is 0 Å². The molecule has 0 aromatic heterocycles. The summed E-state index contributed by atoms with van der Waals surface area (Å²) in [5, 5.41) is 0. The summed E-state index contributed by atoms with van der Waals surface area (Å²) in [5.74, 6) is 0. The summed E-state index contributed by atoms with van der Waals surface area (Å²) >= 11 is 0. The molecule has 0 N–H and O–H groups in total. The number of hydrogen-bond donors (Lipinski definition) is 0. The first-order valence-corrected chi connectivity index (χ1v) is 3.56. The van der Waals surface area contributed by atoms with Crippen LogP contribution in [0.3, 0.4) is 0 Å². The fourth-order valence-electron chi connectivity index (χ4n) is 0.754. The van der Waals surface area contributed by atoms with E-state index in [1.54, 1.807) is 0 Å². The molecule has 0 aliphatic carbocycles. The van der Waals surface area contributed by atoms with Gasteiger partial charge < -0.3 is 0 Å². The molecule has 0 fully saturated rings. The third kappa shape index (κ3) is 4.09. The quantitative estimate of drug-likeness (QED) is 0.392. The predicted molar refractivity (Wildman–Crippen MR) is 43.6 cm³/mol. The first-order valence-electron chi connectivity index (χ1n) is 3.56. The standard InChI is InChI=1S/C10H11.Li/c1-2-3-7-10-8-5-4-6-9-10;/h3-6,8-9H,2H2,1H3;/q-1;+1. The van der Waals surface area contributed by atoms with Crippen molar-refractivity contribution in [2.75, 3.05) is 0 Å². The molecule has 0 saturated heterocycles. The number of allylic oxidation sites excluding steroid dienone is 1. The Bertz CT molecular complexity index is 201. The number of rotatable bonds is 2. The minimum atomic E-state index is 0. The van der Waals surface area contributed by atoms with Gasteiger partial charge in [-0.2, -0.15) is 23.8 Å². The minimum absolute atomic E-state index is 0. The second kappa shape index (κ2) is 6.28. The molecule has 1 aromatic carbocycles. The number of hydrogen-bond acceptors (Lipinski definition) is 0. The van der Waals surface area contributed by atoms with Crippen LogP contribution in [-0.2, 0) is 0 Å². The molecule has 0 nitrogen and oxygen atoms in total. The Balaban J connectivity index is 0.000001000. The zero-order valence-corrected chi connectivity index (χ0v) is 7.17. The van der Waals surface area contributed by atoms with Crippen LogP contribution in [0.1, 0.15) is 18.9 Å². The van der Waals surface area contributed by atoms with Crippen molar-refractivity contribution in [2.45, 2.75) is 13.3 Å². The van der Waals surface area contributed by atoms with Crippen molar-refractivity contribution < 1.29 is 18.9 Å². The van der Waals surface area contributed by atoms with Crippen LogP contribution in [0.2, 0.25) is 0 Å². The molecule has 0 saturated carbocycles. The molecule has 0 bridgehead atoms. The second-order valence-corrected chi connectivity index (χ2v) is 2.12. The Morgan fingerprint density at radius 1 is 1.27 bits per heavy atom. The van der Waals surface area contributed by atoms with E-state index < -0.39 is 0 Å². The van der Waals surface area contributed by atoms with Crippen molar-refractivity contribution in [3.8, 4) is 0 Å². The normalized spacial score (nSPS) is 9.55. The molecule has 0 aliphatic heterocycles. The molecule has 1 rings (SSSR count). The van der Waals surface area contributed by atoms with E-state index >= 15 is 0 Å². The van der Waals surface area contributed by atoms with Crippen molar-refractivity contribution in [3.05, 3.63) is 48.0 Å². The zero-order chi connectivity index (χ0) is 7.23. The third-order valence-corrected chi connectivity index (χ3v) is 1.25. The van der Waals surface area contributed by atoms with Crippen molar-refractivity contribution in [3.63, 3.8) is 0 Å². The van der Waals surface area contributed by atoms with Gasteiger partial charge in [0.05, 0.1) is 0 Å². The van der Waals surface area contributed by atoms with E-state index in [1.807, 2.05) is 36.4 Å². The van der Waals surface area contributed by atoms with Crippen LogP contribution in [0, 0.1) is 6.08 Å². The molecule has 52 valence electrons. The van der Waals surface area contributed by atoms with Gasteiger partial charge in [-0.05, 0) is 6.42 Å². The summed E-state index contributed by atoms with van der Waals surface area (Å²) in [4.78, 5) is 0. The van der Waals surface area contributed by atoms with Gasteiger partial charge >= 0.3 is 18.9 Å². The van der Waals surface area contributed by atoms with Gasteiger partial charge in [0.25, 0.3) is 0 Å². The third-order valence-electron chi connectivity index (χ3n) is 1.25. The summed E-state index contributed by atoms with van der Waals surface area (Å²) < 4.78 is 0. The molecular formula is C10H11Li. The molecule has 0 aliphatic rings. The van der Waals surface area contributed by atoms with Crippen LogP contribution < -0.4 is 18.9 Å². The maximum absolute atomic E-state index is 3.17. The van der Waals surface area contributed by atoms with Gasteiger partial charge in [-0.25, -0.2) is 0 Å². The Kier molecular flexibility index (Phi) is 6.03. The van der Waals surface area contributed by atoms with Crippen molar-refractivity contribution in [1.29, 1.82) is 0 Å². The van der Waals surface area contributed by atoms with E-state index in [9.17, 15) is 0 Å². The molecule has 0 spiro atoms. The maximum Gasteiger partial charge on any atom is 1.00 e. The van der Waals surface area contributed by atoms with Crippen LogP contribution in [0.5, 0.6) is 0 Å². The molecule has 11 heavy (non-hydrogen) atoms. The predicted octanol–water partition coefficient (Wildman–Crippen LogP) is -0.192. The summed E-state index contributed by atoms with van der Waals surface area (Å²) in [5.41, 5.74) is 1.16. The van der Waals surface area contributed by atoms with Crippen molar-refractivity contribution in [2.24, 2.45) is 0 Å². The molecule has 1 heteroatoms. The molecule has 0 radical (unpaired) electrons. The monoisotopic (exact) mass is 138 g/mol. The van der Waals surface area contributed by atoms with Crippen molar-refractivity contribution in [1.82, 2.24) is 0 Å². The maximum atomic E-state index is 3.17. The molecular weight excluding hydrogens is 127 g/mol. The fraction of sp³-hybridized carbons (Fsp3) is 0.200. The van der Waals surface area contributed by atoms with E-state index in [1.165, 1.54) is 0 Å². The molecule has 0 atom stereocenters. The average Bonchev–Trinajstić information content (AvgIpc) is 2.03. The summed E-state index contributed by atoms with van der Waals surface area (Å²) in [6.45, 7) is 2.11. The van der Waals surface area contributed by atoms with E-state index in [0.717, 1.165) is 12.0 Å². The Labute approximate surface area is 80.5 Å². The Morgan fingerprint density at radius 3 is 2.45 bits per heavy atom. The van der Waals surface area contributed by atoms with Gasteiger partial charge in [0, 0.05) is 0 Å². The Hall–Kier alpha value is -0.443. The number of benzene rings is 1. The smallest absolute Gasteiger partial charge is 0.193 e. The topological polar surface area (TPSA) is 0 Å². The first kappa shape index (κ1) is 10.6. The molecule has 0 heterocycles. The van der Waals surface area contributed by atoms with Crippen LogP contribution >= 0.6 is 0 Å². The van der Waals surface area contributed by atoms with Crippen LogP contribution in [-0.4, -0.2) is 0 Å². The van der Waals surface area contributed by atoms with Gasteiger partial charge in [-0.3, -0.25) is 0 Å². The largest absolute Gasteiger partial charge is 1.00 e. The van der Waals surface area contributed by atoms with Gasteiger partial charge in [0.2, 0.25) is 0 Å². The zero-order valence-electron chi connectivity index (χ0n) is 7.17. The first-order chi connectivity index (χ1) is 4.93. The Morgan fingerprint density at radius 2 is 1.91 bits per heavy atom. The minimum Gasteiger partial charge on any atom is -0.193 e. The van der Waals surface area contributed by atoms with Crippen LogP contribution in [0.25, 0.3) is 0 Å². The molecule has 1 aromatic rings. The SMILES string of the molecule is CCC=[C-]c1ccccc1.[Li+]. The second-order valence-electron chi connectivity index (χ2n) is 2.12. The summed E-state index contributed by atoms with van der Waals surface area (Å²) in [6.07, 6.45) is 6.26. The fourth-order valence-corrected chi connectivity index (χ4v) is 0.754. The van der Waals surface area contributed by atoms with Crippen LogP contribution in [0.15, 0.2) is 36.4 Å². The van der Waals surface area contributed by atoms with E-state index in [0.29, 0.717) is 0 Å². The average molecular weight is 138 g/mol. The van der Waals surface area contributed by atoms with Gasteiger partial charge in [0.15, 0.2) is 0 Å². The summed E-state index contributed by atoms with van der Waals surface area (Å²) in [7, 11) is 0. The van der Waals surface area contributed by atoms with E-state index in [2.05, 4.69) is 13.0 Å². The van der Waals surface area contributed by atoms with Gasteiger partial charge in [-0.1, -0.05) is 13.0 Å².